The van der Waals surface area contributed by atoms with Gasteiger partial charge in [0.15, 0.2) is 0 Å². The minimum absolute atomic E-state index is 0.00571. The Labute approximate surface area is 205 Å². The van der Waals surface area contributed by atoms with Crippen LogP contribution in [0.3, 0.4) is 0 Å². The molecule has 0 bridgehead atoms. The zero-order chi connectivity index (χ0) is 27.0. The number of rotatable bonds is 4. The zero-order valence-electron chi connectivity index (χ0n) is 19.0. The summed E-state index contributed by atoms with van der Waals surface area (Å²) < 4.78 is 89.6. The molecule has 0 spiro atoms. The van der Waals surface area contributed by atoms with Gasteiger partial charge in [-0.2, -0.15) is 26.3 Å². The third-order valence-corrected chi connectivity index (χ3v) is 5.40. The predicted octanol–water partition coefficient (Wildman–Crippen LogP) is 7.13. The molecule has 0 unspecified atom stereocenters. The molecule has 0 saturated carbocycles. The number of fused-ring (bicyclic) bond motifs is 1. The standard InChI is InChI=1S/C26H17F6NO4/c1-33(14-15-11-17(25(27,28)29)13-18(12-15)26(30,31)32)24(35)37-22-21(16-7-3-2-4-8-16)19-9-5-6-10-20(19)36-23(22)34/h2-13H,14H2,1H3. The second kappa shape index (κ2) is 9.64. The Hall–Kier alpha value is -4.28. The van der Waals surface area contributed by atoms with Crippen molar-refractivity contribution in [3.63, 3.8) is 0 Å². The minimum Gasteiger partial charge on any atom is -0.420 e. The zero-order valence-corrected chi connectivity index (χ0v) is 19.0. The molecule has 0 aliphatic heterocycles. The normalized spacial score (nSPS) is 12.0. The highest BCUT2D eigenvalue weighted by Crippen LogP contribution is 2.37. The Bertz CT molecular complexity index is 1480. The van der Waals surface area contributed by atoms with Crippen LogP contribution in [0.2, 0.25) is 0 Å². The van der Waals surface area contributed by atoms with E-state index in [2.05, 4.69) is 0 Å². The first-order valence-corrected chi connectivity index (χ1v) is 10.7. The van der Waals surface area contributed by atoms with Crippen molar-refractivity contribution >= 4 is 17.1 Å². The number of carbonyl (C=O) groups excluding carboxylic acids is 1. The van der Waals surface area contributed by atoms with E-state index in [1.54, 1.807) is 54.6 Å². The van der Waals surface area contributed by atoms with Gasteiger partial charge in [-0.1, -0.05) is 48.5 Å². The molecule has 192 valence electrons. The summed E-state index contributed by atoms with van der Waals surface area (Å²) in [4.78, 5) is 26.3. The van der Waals surface area contributed by atoms with Gasteiger partial charge in [0.2, 0.25) is 5.75 Å². The Morgan fingerprint density at radius 1 is 0.865 bits per heavy atom. The van der Waals surface area contributed by atoms with Gasteiger partial charge in [-0.25, -0.2) is 9.59 Å². The molecule has 0 fully saturated rings. The van der Waals surface area contributed by atoms with Crippen LogP contribution >= 0.6 is 0 Å². The highest BCUT2D eigenvalue weighted by molar-refractivity contribution is 5.97. The van der Waals surface area contributed by atoms with E-state index in [1.807, 2.05) is 0 Å². The number of benzene rings is 3. The van der Waals surface area contributed by atoms with Crippen molar-refractivity contribution in [2.24, 2.45) is 0 Å². The van der Waals surface area contributed by atoms with Crippen molar-refractivity contribution in [3.05, 3.63) is 99.9 Å². The van der Waals surface area contributed by atoms with Gasteiger partial charge in [0.1, 0.15) is 5.58 Å². The van der Waals surface area contributed by atoms with Crippen molar-refractivity contribution in [3.8, 4) is 16.9 Å². The number of nitrogens with zero attached hydrogens (tertiary/aromatic N) is 1. The smallest absolute Gasteiger partial charge is 0.416 e. The Morgan fingerprint density at radius 3 is 2.03 bits per heavy atom. The second-order valence-electron chi connectivity index (χ2n) is 8.09. The number of hydrogen-bond donors (Lipinski definition) is 0. The average molecular weight is 521 g/mol. The predicted molar refractivity (Wildman–Crippen MR) is 122 cm³/mol. The molecule has 11 heteroatoms. The monoisotopic (exact) mass is 521 g/mol. The first-order valence-electron chi connectivity index (χ1n) is 10.7. The Morgan fingerprint density at radius 2 is 1.43 bits per heavy atom. The number of hydrogen-bond acceptors (Lipinski definition) is 4. The highest BCUT2D eigenvalue weighted by atomic mass is 19.4. The van der Waals surface area contributed by atoms with E-state index in [0.29, 0.717) is 23.1 Å². The van der Waals surface area contributed by atoms with Gasteiger partial charge in [0.05, 0.1) is 11.1 Å². The van der Waals surface area contributed by atoms with Crippen LogP contribution in [0.4, 0.5) is 31.1 Å². The lowest BCUT2D eigenvalue weighted by Crippen LogP contribution is -2.31. The van der Waals surface area contributed by atoms with Crippen LogP contribution in [-0.2, 0) is 18.9 Å². The first kappa shape index (κ1) is 25.8. The molecule has 0 aliphatic carbocycles. The van der Waals surface area contributed by atoms with Gasteiger partial charge >= 0.3 is 24.1 Å². The van der Waals surface area contributed by atoms with Crippen molar-refractivity contribution in [1.29, 1.82) is 0 Å². The lowest BCUT2D eigenvalue weighted by atomic mass is 10.0. The third kappa shape index (κ3) is 5.60. The summed E-state index contributed by atoms with van der Waals surface area (Å²) in [5, 5.41) is 0.450. The van der Waals surface area contributed by atoms with Gasteiger partial charge in [0.25, 0.3) is 0 Å². The Kier molecular flexibility index (Phi) is 6.72. The first-order chi connectivity index (χ1) is 17.3. The topological polar surface area (TPSA) is 59.8 Å². The molecular weight excluding hydrogens is 504 g/mol. The number of alkyl halides is 6. The van der Waals surface area contributed by atoms with E-state index in [4.69, 9.17) is 9.15 Å². The maximum atomic E-state index is 13.2. The van der Waals surface area contributed by atoms with Gasteiger partial charge in [-0.05, 0) is 35.4 Å². The molecule has 0 N–H and O–H groups in total. The van der Waals surface area contributed by atoms with E-state index < -0.39 is 53.1 Å². The van der Waals surface area contributed by atoms with E-state index in [0.717, 1.165) is 11.9 Å². The van der Waals surface area contributed by atoms with Crippen molar-refractivity contribution < 1.29 is 40.3 Å². The quantitative estimate of drug-likeness (QED) is 0.212. The van der Waals surface area contributed by atoms with Crippen molar-refractivity contribution in [1.82, 2.24) is 4.90 Å². The minimum atomic E-state index is -5.04. The largest absolute Gasteiger partial charge is 0.420 e. The van der Waals surface area contributed by atoms with Crippen LogP contribution in [0.15, 0.2) is 82.0 Å². The average Bonchev–Trinajstić information content (AvgIpc) is 2.83. The number of para-hydroxylation sites is 1. The van der Waals surface area contributed by atoms with E-state index >= 15 is 0 Å². The summed E-state index contributed by atoms with van der Waals surface area (Å²) in [5.74, 6) is -0.471. The fourth-order valence-corrected chi connectivity index (χ4v) is 3.73. The molecule has 0 atom stereocenters. The lowest BCUT2D eigenvalue weighted by molar-refractivity contribution is -0.143. The van der Waals surface area contributed by atoms with Crippen LogP contribution < -0.4 is 10.4 Å². The van der Waals surface area contributed by atoms with Crippen LogP contribution in [0, 0.1) is 0 Å². The Balaban J connectivity index is 1.70. The molecule has 0 saturated heterocycles. The van der Waals surface area contributed by atoms with Gasteiger partial charge in [-0.15, -0.1) is 0 Å². The summed E-state index contributed by atoms with van der Waals surface area (Å²) in [6, 6.07) is 16.0. The summed E-state index contributed by atoms with van der Waals surface area (Å²) in [7, 11) is 1.11. The lowest BCUT2D eigenvalue weighted by Gasteiger charge is -2.20. The number of halogens is 6. The van der Waals surface area contributed by atoms with Crippen molar-refractivity contribution in [2.45, 2.75) is 18.9 Å². The SMILES string of the molecule is CN(Cc1cc(C(F)(F)F)cc(C(F)(F)F)c1)C(=O)Oc1c(-c2ccccc2)c2ccccc2oc1=O. The van der Waals surface area contributed by atoms with E-state index in [9.17, 15) is 35.9 Å². The third-order valence-electron chi connectivity index (χ3n) is 5.40. The van der Waals surface area contributed by atoms with Crippen LogP contribution in [-0.4, -0.2) is 18.0 Å². The molecule has 0 aliphatic rings. The fourth-order valence-electron chi connectivity index (χ4n) is 3.73. The maximum absolute atomic E-state index is 13.2. The summed E-state index contributed by atoms with van der Waals surface area (Å²) >= 11 is 0. The summed E-state index contributed by atoms with van der Waals surface area (Å²) in [6.07, 6.45) is -11.3. The summed E-state index contributed by atoms with van der Waals surface area (Å²) in [5.41, 5.74) is -3.46. The van der Waals surface area contributed by atoms with E-state index in [1.165, 1.54) is 0 Å². The highest BCUT2D eigenvalue weighted by Gasteiger charge is 2.37. The molecule has 4 aromatic rings. The fraction of sp³-hybridized carbons (Fsp3) is 0.154. The molecule has 37 heavy (non-hydrogen) atoms. The van der Waals surface area contributed by atoms with Gasteiger partial charge in [0, 0.05) is 24.5 Å². The number of amides is 1. The molecule has 0 radical (unpaired) electrons. The molecule has 3 aromatic carbocycles. The maximum Gasteiger partial charge on any atom is 0.416 e. The van der Waals surface area contributed by atoms with Crippen molar-refractivity contribution in [2.75, 3.05) is 7.05 Å². The van der Waals surface area contributed by atoms with Crippen LogP contribution in [0.25, 0.3) is 22.1 Å². The number of ether oxygens (including phenoxy) is 1. The number of carbonyl (C=O) groups is 1. The molecule has 1 heterocycles. The van der Waals surface area contributed by atoms with Gasteiger partial charge < -0.3 is 14.1 Å². The van der Waals surface area contributed by atoms with Crippen LogP contribution in [0.1, 0.15) is 16.7 Å². The molecule has 5 nitrogen and oxygen atoms in total. The van der Waals surface area contributed by atoms with E-state index in [-0.39, 0.29) is 17.2 Å². The molecular formula is C26H17F6NO4. The van der Waals surface area contributed by atoms with Crippen LogP contribution in [0.5, 0.6) is 5.75 Å². The second-order valence-corrected chi connectivity index (χ2v) is 8.09. The molecule has 4 rings (SSSR count). The van der Waals surface area contributed by atoms with Gasteiger partial charge in [-0.3, -0.25) is 0 Å². The summed E-state index contributed by atoms with van der Waals surface area (Å²) in [6.45, 7) is -0.661. The molecule has 1 aromatic heterocycles. The molecule has 1 amide bonds.